The van der Waals surface area contributed by atoms with Crippen LogP contribution in [0.4, 0.5) is 4.39 Å². The quantitative estimate of drug-likeness (QED) is 0.735. The number of imidazole rings is 1. The van der Waals surface area contributed by atoms with Gasteiger partial charge in [0, 0.05) is 30.9 Å². The zero-order valence-corrected chi connectivity index (χ0v) is 14.5. The molecular formula is C19H19FN4O2. The van der Waals surface area contributed by atoms with Crippen molar-refractivity contribution in [2.24, 2.45) is 5.73 Å². The van der Waals surface area contributed by atoms with Crippen LogP contribution in [0.3, 0.4) is 0 Å². The number of benzene rings is 2. The third-order valence-corrected chi connectivity index (χ3v) is 4.27. The zero-order chi connectivity index (χ0) is 18.8. The van der Waals surface area contributed by atoms with Gasteiger partial charge in [-0.25, -0.2) is 9.37 Å². The van der Waals surface area contributed by atoms with Gasteiger partial charge in [-0.15, -0.1) is 0 Å². The van der Waals surface area contributed by atoms with Crippen molar-refractivity contribution in [1.82, 2.24) is 14.9 Å². The Hall–Kier alpha value is -3.06. The molecule has 0 bridgehead atoms. The van der Waals surface area contributed by atoms with Gasteiger partial charge in [-0.3, -0.25) is 14.2 Å². The molecule has 0 fully saturated rings. The van der Waals surface area contributed by atoms with Gasteiger partial charge in [-0.1, -0.05) is 6.07 Å². The minimum atomic E-state index is -0.630. The number of halogens is 1. The molecule has 0 aliphatic heterocycles. The normalized spacial score (nSPS) is 12.2. The molecule has 0 aliphatic rings. The third-order valence-electron chi connectivity index (χ3n) is 4.27. The van der Waals surface area contributed by atoms with E-state index >= 15 is 0 Å². The Bertz CT molecular complexity index is 996. The topological polar surface area (TPSA) is 90.0 Å². The highest BCUT2D eigenvalue weighted by atomic mass is 19.1. The van der Waals surface area contributed by atoms with Crippen LogP contribution in [-0.2, 0) is 4.79 Å². The lowest BCUT2D eigenvalue weighted by atomic mass is 10.0. The average molecular weight is 354 g/mol. The van der Waals surface area contributed by atoms with Crippen LogP contribution in [0.15, 0.2) is 42.5 Å². The van der Waals surface area contributed by atoms with Gasteiger partial charge in [0.2, 0.25) is 0 Å². The molecule has 0 aliphatic carbocycles. The zero-order valence-electron chi connectivity index (χ0n) is 14.5. The molecule has 1 amide bonds. The molecule has 1 atom stereocenters. The van der Waals surface area contributed by atoms with E-state index in [-0.39, 0.29) is 18.2 Å². The fourth-order valence-corrected chi connectivity index (χ4v) is 2.96. The SMILES string of the molecule is CNC(=O)c1cccc(-n2c(C(CN)C(C)=O)nc3ccc(F)cc32)c1. The number of nitrogens with two attached hydrogens (primary N) is 1. The second-order valence-electron chi connectivity index (χ2n) is 5.97. The fraction of sp³-hybridized carbons (Fsp3) is 0.211. The summed E-state index contributed by atoms with van der Waals surface area (Å²) in [5.74, 6) is -0.999. The standard InChI is InChI=1S/C19H19FN4O2/c1-11(25)15(10-21)18-23-16-7-6-13(20)9-17(16)24(18)14-5-3-4-12(8-14)19(26)22-2/h3-9,15H,10,21H2,1-2H3,(H,22,26). The van der Waals surface area contributed by atoms with E-state index in [9.17, 15) is 14.0 Å². The van der Waals surface area contributed by atoms with Crippen molar-refractivity contribution in [3.05, 3.63) is 59.7 Å². The molecule has 0 spiro atoms. The van der Waals surface area contributed by atoms with Gasteiger partial charge in [0.1, 0.15) is 17.4 Å². The van der Waals surface area contributed by atoms with E-state index < -0.39 is 11.7 Å². The largest absolute Gasteiger partial charge is 0.355 e. The predicted molar refractivity (Wildman–Crippen MR) is 96.9 cm³/mol. The molecule has 3 N–H and O–H groups in total. The summed E-state index contributed by atoms with van der Waals surface area (Å²) in [7, 11) is 1.54. The number of carbonyl (C=O) groups is 2. The maximum Gasteiger partial charge on any atom is 0.251 e. The molecule has 1 heterocycles. The second kappa shape index (κ2) is 7.05. The predicted octanol–water partition coefficient (Wildman–Crippen LogP) is 2.16. The Morgan fingerprint density at radius 1 is 1.27 bits per heavy atom. The van der Waals surface area contributed by atoms with Crippen molar-refractivity contribution in [1.29, 1.82) is 0 Å². The maximum absolute atomic E-state index is 13.8. The molecule has 26 heavy (non-hydrogen) atoms. The lowest BCUT2D eigenvalue weighted by Crippen LogP contribution is -2.23. The number of amides is 1. The van der Waals surface area contributed by atoms with E-state index in [4.69, 9.17) is 5.73 Å². The highest BCUT2D eigenvalue weighted by molar-refractivity contribution is 5.94. The van der Waals surface area contributed by atoms with E-state index in [1.807, 2.05) is 0 Å². The van der Waals surface area contributed by atoms with Crippen LogP contribution in [0.2, 0.25) is 0 Å². The monoisotopic (exact) mass is 354 g/mol. The smallest absolute Gasteiger partial charge is 0.251 e. The van der Waals surface area contributed by atoms with Crippen LogP contribution in [0, 0.1) is 5.82 Å². The van der Waals surface area contributed by atoms with E-state index in [1.54, 1.807) is 41.9 Å². The maximum atomic E-state index is 13.8. The summed E-state index contributed by atoms with van der Waals surface area (Å²) in [4.78, 5) is 28.5. The van der Waals surface area contributed by atoms with E-state index in [0.29, 0.717) is 28.1 Å². The number of Topliss-reactive ketones (excluding diaryl/α,β-unsaturated/α-hetero) is 1. The number of rotatable bonds is 5. The van der Waals surface area contributed by atoms with Crippen LogP contribution >= 0.6 is 0 Å². The van der Waals surface area contributed by atoms with Crippen LogP contribution < -0.4 is 11.1 Å². The van der Waals surface area contributed by atoms with E-state index in [0.717, 1.165) is 0 Å². The molecule has 6 nitrogen and oxygen atoms in total. The van der Waals surface area contributed by atoms with E-state index in [2.05, 4.69) is 10.3 Å². The molecule has 134 valence electrons. The number of aromatic nitrogens is 2. The Labute approximate surface area is 149 Å². The van der Waals surface area contributed by atoms with Gasteiger partial charge in [-0.05, 0) is 37.3 Å². The lowest BCUT2D eigenvalue weighted by Gasteiger charge is -2.15. The van der Waals surface area contributed by atoms with Crippen LogP contribution in [0.25, 0.3) is 16.7 Å². The summed E-state index contributed by atoms with van der Waals surface area (Å²) in [6, 6.07) is 11.1. The number of fused-ring (bicyclic) bond motifs is 1. The summed E-state index contributed by atoms with van der Waals surface area (Å²) in [6.45, 7) is 1.53. The molecule has 2 aromatic carbocycles. The second-order valence-corrected chi connectivity index (χ2v) is 5.97. The first-order valence-corrected chi connectivity index (χ1v) is 8.17. The Morgan fingerprint density at radius 3 is 2.69 bits per heavy atom. The van der Waals surface area contributed by atoms with Gasteiger partial charge in [-0.2, -0.15) is 0 Å². The molecular weight excluding hydrogens is 335 g/mol. The number of hydrogen-bond donors (Lipinski definition) is 2. The molecule has 0 saturated carbocycles. The Morgan fingerprint density at radius 2 is 2.04 bits per heavy atom. The summed E-state index contributed by atoms with van der Waals surface area (Å²) < 4.78 is 15.5. The van der Waals surface area contributed by atoms with Crippen LogP contribution in [0.5, 0.6) is 0 Å². The van der Waals surface area contributed by atoms with Crippen molar-refractivity contribution >= 4 is 22.7 Å². The molecule has 1 unspecified atom stereocenters. The summed E-state index contributed by atoms with van der Waals surface area (Å²) in [5.41, 5.74) is 7.90. The first kappa shape index (κ1) is 17.8. The minimum Gasteiger partial charge on any atom is -0.355 e. The number of nitrogens with one attached hydrogen (secondary N) is 1. The first-order chi connectivity index (χ1) is 12.5. The Kier molecular flexibility index (Phi) is 4.81. The third kappa shape index (κ3) is 3.09. The average Bonchev–Trinajstić information content (AvgIpc) is 2.99. The van der Waals surface area contributed by atoms with Crippen molar-refractivity contribution in [3.8, 4) is 5.69 Å². The summed E-state index contributed by atoms with van der Waals surface area (Å²) in [5, 5.41) is 2.57. The van der Waals surface area contributed by atoms with Crippen LogP contribution in [-0.4, -0.2) is 34.8 Å². The Balaban J connectivity index is 2.31. The van der Waals surface area contributed by atoms with Gasteiger partial charge in [0.25, 0.3) is 5.91 Å². The first-order valence-electron chi connectivity index (χ1n) is 8.17. The van der Waals surface area contributed by atoms with Crippen LogP contribution in [0.1, 0.15) is 29.0 Å². The summed E-state index contributed by atoms with van der Waals surface area (Å²) >= 11 is 0. The molecule has 3 rings (SSSR count). The summed E-state index contributed by atoms with van der Waals surface area (Å²) in [6.07, 6.45) is 0. The lowest BCUT2D eigenvalue weighted by molar-refractivity contribution is -0.118. The molecule has 1 aromatic heterocycles. The van der Waals surface area contributed by atoms with Gasteiger partial charge in [0.15, 0.2) is 0 Å². The minimum absolute atomic E-state index is 0.0796. The van der Waals surface area contributed by atoms with E-state index in [1.165, 1.54) is 19.1 Å². The number of hydrogen-bond acceptors (Lipinski definition) is 4. The number of nitrogens with zero attached hydrogens (tertiary/aromatic N) is 2. The molecule has 0 radical (unpaired) electrons. The van der Waals surface area contributed by atoms with Crippen molar-refractivity contribution in [2.75, 3.05) is 13.6 Å². The highest BCUT2D eigenvalue weighted by Gasteiger charge is 2.24. The number of ketones is 1. The van der Waals surface area contributed by atoms with Gasteiger partial charge < -0.3 is 11.1 Å². The fourth-order valence-electron chi connectivity index (χ4n) is 2.96. The molecule has 7 heteroatoms. The van der Waals surface area contributed by atoms with Crippen molar-refractivity contribution in [3.63, 3.8) is 0 Å². The molecule has 0 saturated heterocycles. The number of carbonyl (C=O) groups excluding carboxylic acids is 2. The molecule has 3 aromatic rings. The van der Waals surface area contributed by atoms with Crippen molar-refractivity contribution in [2.45, 2.75) is 12.8 Å². The van der Waals surface area contributed by atoms with Crippen molar-refractivity contribution < 1.29 is 14.0 Å². The van der Waals surface area contributed by atoms with Gasteiger partial charge >= 0.3 is 0 Å². The van der Waals surface area contributed by atoms with Gasteiger partial charge in [0.05, 0.1) is 17.0 Å². The highest BCUT2D eigenvalue weighted by Crippen LogP contribution is 2.27.